The van der Waals surface area contributed by atoms with Gasteiger partial charge < -0.3 is 4.90 Å². The predicted octanol–water partition coefficient (Wildman–Crippen LogP) is 2.87. The number of nitrogens with one attached hydrogen (secondary N) is 1. The summed E-state index contributed by atoms with van der Waals surface area (Å²) in [4.78, 5) is 12.2. The number of benzene rings is 3. The van der Waals surface area contributed by atoms with Crippen molar-refractivity contribution in [3.63, 3.8) is 0 Å². The van der Waals surface area contributed by atoms with Crippen LogP contribution in [0.1, 0.15) is 18.1 Å². The van der Waals surface area contributed by atoms with Crippen LogP contribution in [0.2, 0.25) is 0 Å². The molecule has 1 aliphatic rings. The molecule has 0 radical (unpaired) electrons. The zero-order valence-corrected chi connectivity index (χ0v) is 16.5. The number of rotatable bonds is 5. The van der Waals surface area contributed by atoms with Gasteiger partial charge in [-0.05, 0) is 17.7 Å². The number of hydrogen-bond acceptors (Lipinski definition) is 4. The van der Waals surface area contributed by atoms with Crippen molar-refractivity contribution in [1.82, 2.24) is 5.01 Å². The average Bonchev–Trinajstić information content (AvgIpc) is 2.75. The molecule has 1 aliphatic heterocycles. The fourth-order valence-electron chi connectivity index (χ4n) is 3.92. The average molecular weight is 389 g/mol. The second-order valence-corrected chi connectivity index (χ2v) is 7.51. The summed E-state index contributed by atoms with van der Waals surface area (Å²) in [6.07, 6.45) is 0. The highest BCUT2D eigenvalue weighted by molar-refractivity contribution is 5.99. The number of nitro groups is 1. The summed E-state index contributed by atoms with van der Waals surface area (Å²) in [5.74, 6) is 0. The summed E-state index contributed by atoms with van der Waals surface area (Å²) >= 11 is 0. The summed E-state index contributed by atoms with van der Waals surface area (Å²) in [5.41, 5.74) is 3.10. The topological polar surface area (TPSA) is 63.2 Å². The van der Waals surface area contributed by atoms with E-state index >= 15 is 0 Å². The molecule has 0 saturated carbocycles. The van der Waals surface area contributed by atoms with Crippen molar-refractivity contribution in [1.29, 1.82) is 0 Å². The van der Waals surface area contributed by atoms with E-state index in [-0.39, 0.29) is 10.6 Å². The standard InChI is InChI=1S/C23H24N4O2/c1-18(20-8-5-10-22(16-20)27(28)29)24-26-14-12-25(13-15-26)17-21-9-4-7-19-6-2-3-11-23(19)21/h2-11,16H,12-15,17H2,1H3/p+1/b24-18-. The molecule has 1 saturated heterocycles. The van der Waals surface area contributed by atoms with Crippen molar-refractivity contribution in [2.75, 3.05) is 26.2 Å². The minimum atomic E-state index is -0.369. The number of nitro benzene ring substituents is 1. The number of fused-ring (bicyclic) bond motifs is 1. The number of non-ortho nitro benzene ring substituents is 1. The van der Waals surface area contributed by atoms with Gasteiger partial charge in [0.2, 0.25) is 0 Å². The lowest BCUT2D eigenvalue weighted by atomic mass is 10.0. The highest BCUT2D eigenvalue weighted by Gasteiger charge is 2.20. The molecule has 3 aromatic carbocycles. The van der Waals surface area contributed by atoms with Gasteiger partial charge in [-0.2, -0.15) is 5.10 Å². The van der Waals surface area contributed by atoms with Crippen LogP contribution in [0.3, 0.4) is 0 Å². The van der Waals surface area contributed by atoms with Crippen LogP contribution in [0.4, 0.5) is 5.69 Å². The molecule has 0 spiro atoms. The maximum atomic E-state index is 11.0. The van der Waals surface area contributed by atoms with Gasteiger partial charge in [-0.15, -0.1) is 0 Å². The Kier molecular flexibility index (Phi) is 5.53. The Morgan fingerprint density at radius 1 is 1.07 bits per heavy atom. The largest absolute Gasteiger partial charge is 0.328 e. The fraction of sp³-hybridized carbons (Fsp3) is 0.261. The van der Waals surface area contributed by atoms with E-state index in [1.807, 2.05) is 13.0 Å². The van der Waals surface area contributed by atoms with Crippen LogP contribution in [-0.4, -0.2) is 41.8 Å². The van der Waals surface area contributed by atoms with Gasteiger partial charge in [-0.3, -0.25) is 15.1 Å². The van der Waals surface area contributed by atoms with E-state index in [0.29, 0.717) is 0 Å². The van der Waals surface area contributed by atoms with E-state index in [4.69, 9.17) is 5.10 Å². The molecule has 0 unspecified atom stereocenters. The molecule has 1 heterocycles. The monoisotopic (exact) mass is 389 g/mol. The van der Waals surface area contributed by atoms with Gasteiger partial charge in [0, 0.05) is 23.3 Å². The molecule has 0 atom stereocenters. The molecule has 4 rings (SSSR count). The van der Waals surface area contributed by atoms with Crippen LogP contribution in [-0.2, 0) is 6.54 Å². The van der Waals surface area contributed by atoms with Gasteiger partial charge in [0.15, 0.2) is 0 Å². The minimum Gasteiger partial charge on any atom is -0.328 e. The Bertz CT molecular complexity index is 1050. The van der Waals surface area contributed by atoms with Crippen molar-refractivity contribution >= 4 is 22.2 Å². The van der Waals surface area contributed by atoms with Crippen LogP contribution < -0.4 is 4.90 Å². The van der Waals surface area contributed by atoms with Crippen LogP contribution in [0, 0.1) is 10.1 Å². The summed E-state index contributed by atoms with van der Waals surface area (Å²) in [7, 11) is 0. The molecule has 1 N–H and O–H groups in total. The Morgan fingerprint density at radius 2 is 1.79 bits per heavy atom. The maximum absolute atomic E-state index is 11.0. The summed E-state index contributed by atoms with van der Waals surface area (Å²) in [6.45, 7) is 6.74. The molecule has 29 heavy (non-hydrogen) atoms. The number of hydrazone groups is 1. The van der Waals surface area contributed by atoms with Crippen LogP contribution in [0.5, 0.6) is 0 Å². The Balaban J connectivity index is 1.40. The summed E-state index contributed by atoms with van der Waals surface area (Å²) < 4.78 is 0. The molecule has 1 fully saturated rings. The molecule has 3 aromatic rings. The van der Waals surface area contributed by atoms with Crippen molar-refractivity contribution in [2.24, 2.45) is 5.10 Å². The highest BCUT2D eigenvalue weighted by atomic mass is 16.6. The predicted molar refractivity (Wildman–Crippen MR) is 115 cm³/mol. The number of nitrogens with zero attached hydrogens (tertiary/aromatic N) is 3. The van der Waals surface area contributed by atoms with Crippen molar-refractivity contribution < 1.29 is 9.82 Å². The van der Waals surface area contributed by atoms with Gasteiger partial charge in [0.1, 0.15) is 6.54 Å². The van der Waals surface area contributed by atoms with Crippen molar-refractivity contribution in [3.05, 3.63) is 88.0 Å². The summed E-state index contributed by atoms with van der Waals surface area (Å²) in [6, 6.07) is 21.7. The van der Waals surface area contributed by atoms with E-state index in [0.717, 1.165) is 44.0 Å². The first-order chi connectivity index (χ1) is 14.1. The zero-order valence-electron chi connectivity index (χ0n) is 16.5. The lowest BCUT2D eigenvalue weighted by Crippen LogP contribution is -3.13. The van der Waals surface area contributed by atoms with Crippen molar-refractivity contribution in [3.8, 4) is 0 Å². The SMILES string of the molecule is C/C(=N/N1CC[NH+](Cc2cccc3ccccc23)CC1)c1cccc([N+](=O)[O-])c1. The lowest BCUT2D eigenvalue weighted by Gasteiger charge is -2.31. The third-order valence-corrected chi connectivity index (χ3v) is 5.53. The summed E-state index contributed by atoms with van der Waals surface area (Å²) in [5, 5.41) is 20.4. The van der Waals surface area contributed by atoms with E-state index in [9.17, 15) is 10.1 Å². The lowest BCUT2D eigenvalue weighted by molar-refractivity contribution is -0.918. The van der Waals surface area contributed by atoms with Gasteiger partial charge in [0.25, 0.3) is 5.69 Å². The first-order valence-electron chi connectivity index (χ1n) is 9.95. The zero-order chi connectivity index (χ0) is 20.2. The molecule has 148 valence electrons. The van der Waals surface area contributed by atoms with Gasteiger partial charge in [0.05, 0.1) is 36.8 Å². The molecular weight excluding hydrogens is 364 g/mol. The third-order valence-electron chi connectivity index (χ3n) is 5.53. The van der Waals surface area contributed by atoms with Crippen molar-refractivity contribution in [2.45, 2.75) is 13.5 Å². The van der Waals surface area contributed by atoms with Crippen LogP contribution >= 0.6 is 0 Å². The van der Waals surface area contributed by atoms with E-state index in [2.05, 4.69) is 47.5 Å². The molecule has 0 aliphatic carbocycles. The molecule has 0 aromatic heterocycles. The third kappa shape index (κ3) is 4.43. The first kappa shape index (κ1) is 19.1. The number of hydrogen-bond donors (Lipinski definition) is 1. The smallest absolute Gasteiger partial charge is 0.270 e. The first-order valence-corrected chi connectivity index (χ1v) is 9.95. The van der Waals surface area contributed by atoms with E-state index < -0.39 is 0 Å². The Hall–Kier alpha value is -3.25. The Labute approximate surface area is 170 Å². The van der Waals surface area contributed by atoms with Gasteiger partial charge >= 0.3 is 0 Å². The number of piperazine rings is 1. The normalized spacial score (nSPS) is 15.6. The highest BCUT2D eigenvalue weighted by Crippen LogP contribution is 2.18. The molecule has 6 nitrogen and oxygen atoms in total. The number of quaternary nitrogens is 1. The molecule has 0 bridgehead atoms. The maximum Gasteiger partial charge on any atom is 0.270 e. The quantitative estimate of drug-likeness (QED) is 0.415. The van der Waals surface area contributed by atoms with Crippen LogP contribution in [0.15, 0.2) is 71.8 Å². The van der Waals surface area contributed by atoms with Gasteiger partial charge in [-0.1, -0.05) is 54.6 Å². The fourth-order valence-corrected chi connectivity index (χ4v) is 3.92. The van der Waals surface area contributed by atoms with Crippen LogP contribution in [0.25, 0.3) is 10.8 Å². The second kappa shape index (κ2) is 8.41. The molecule has 0 amide bonds. The Morgan fingerprint density at radius 3 is 2.59 bits per heavy atom. The minimum absolute atomic E-state index is 0.0985. The van der Waals surface area contributed by atoms with E-state index in [1.165, 1.54) is 22.4 Å². The molecular formula is C23H25N4O2+. The molecule has 6 heteroatoms. The second-order valence-electron chi connectivity index (χ2n) is 7.51. The van der Waals surface area contributed by atoms with E-state index in [1.54, 1.807) is 17.0 Å². The van der Waals surface area contributed by atoms with Gasteiger partial charge in [-0.25, -0.2) is 0 Å².